The van der Waals surface area contributed by atoms with Gasteiger partial charge in [0.1, 0.15) is 5.69 Å². The lowest BCUT2D eigenvalue weighted by atomic mass is 10.0. The van der Waals surface area contributed by atoms with Gasteiger partial charge in [-0.1, -0.05) is 47.5 Å². The smallest absolute Gasteiger partial charge is 0.259 e. The summed E-state index contributed by atoms with van der Waals surface area (Å²) in [7, 11) is 0. The third-order valence-electron chi connectivity index (χ3n) is 4.74. The number of nitrogen functional groups attached to an aromatic ring is 1. The molecular weight excluding hydrogens is 386 g/mol. The van der Waals surface area contributed by atoms with E-state index in [0.29, 0.717) is 21.8 Å². The fourth-order valence-corrected chi connectivity index (χ4v) is 3.39. The maximum Gasteiger partial charge on any atom is 0.259 e. The summed E-state index contributed by atoms with van der Waals surface area (Å²) in [5.74, 6) is -0.634. The van der Waals surface area contributed by atoms with Crippen LogP contribution in [0.5, 0.6) is 0 Å². The Hall–Kier alpha value is -3.57. The number of nitrogens with zero attached hydrogens (tertiary/aromatic N) is 1. The van der Waals surface area contributed by atoms with Crippen molar-refractivity contribution in [2.75, 3.05) is 11.1 Å². The first-order chi connectivity index (χ1) is 14.0. The average Bonchev–Trinajstić information content (AvgIpc) is 3.01. The van der Waals surface area contributed by atoms with E-state index in [-0.39, 0.29) is 22.7 Å². The number of pyridine rings is 1. The summed E-state index contributed by atoms with van der Waals surface area (Å²) in [4.78, 5) is 26.2. The number of nitrogens with one attached hydrogen (secondary N) is 1. The zero-order valence-electron chi connectivity index (χ0n) is 15.6. The van der Waals surface area contributed by atoms with Gasteiger partial charge in [-0.3, -0.25) is 9.59 Å². The fourth-order valence-electron chi connectivity index (χ4n) is 3.27. The van der Waals surface area contributed by atoms with Crippen LogP contribution in [0, 0.1) is 6.92 Å². The lowest BCUT2D eigenvalue weighted by molar-refractivity contribution is 0.102. The van der Waals surface area contributed by atoms with Crippen LogP contribution in [-0.2, 0) is 0 Å². The molecule has 0 saturated carbocycles. The molecule has 1 amide bonds. The van der Waals surface area contributed by atoms with E-state index in [4.69, 9.17) is 17.3 Å². The van der Waals surface area contributed by atoms with Gasteiger partial charge >= 0.3 is 0 Å². The predicted molar refractivity (Wildman–Crippen MR) is 116 cm³/mol. The molecule has 0 aliphatic rings. The van der Waals surface area contributed by atoms with Crippen LogP contribution in [0.25, 0.3) is 5.52 Å². The van der Waals surface area contributed by atoms with Crippen LogP contribution in [0.4, 0.5) is 11.4 Å². The number of rotatable bonds is 4. The third kappa shape index (κ3) is 3.48. The molecule has 0 aliphatic heterocycles. The van der Waals surface area contributed by atoms with Crippen molar-refractivity contribution in [3.05, 3.63) is 100 Å². The van der Waals surface area contributed by atoms with Crippen LogP contribution in [0.15, 0.2) is 72.9 Å². The van der Waals surface area contributed by atoms with E-state index in [2.05, 4.69) is 5.32 Å². The summed E-state index contributed by atoms with van der Waals surface area (Å²) >= 11 is 5.90. The van der Waals surface area contributed by atoms with Gasteiger partial charge in [-0.05, 0) is 43.3 Å². The van der Waals surface area contributed by atoms with Gasteiger partial charge in [-0.15, -0.1) is 0 Å². The fraction of sp³-hybridized carbons (Fsp3) is 0.0435. The summed E-state index contributed by atoms with van der Waals surface area (Å²) in [6.07, 6.45) is 1.73. The van der Waals surface area contributed by atoms with E-state index in [1.165, 1.54) is 0 Å². The standard InChI is InChI=1S/C23H18ClN3O2/c1-14-5-7-15(8-6-14)22(28)21-20(25)19(18-4-2-3-13-27(18)21)23(29)26-17-11-9-16(24)10-12-17/h2-13H,25H2,1H3,(H,26,29). The Morgan fingerprint density at radius 1 is 0.966 bits per heavy atom. The molecule has 0 atom stereocenters. The number of hydrogen-bond acceptors (Lipinski definition) is 3. The Labute approximate surface area is 172 Å². The molecule has 5 nitrogen and oxygen atoms in total. The normalized spacial score (nSPS) is 10.8. The van der Waals surface area contributed by atoms with Crippen molar-refractivity contribution in [3.63, 3.8) is 0 Å². The summed E-state index contributed by atoms with van der Waals surface area (Å²) in [6.45, 7) is 1.95. The molecule has 4 rings (SSSR count). The van der Waals surface area contributed by atoms with E-state index in [0.717, 1.165) is 5.56 Å². The molecule has 2 aromatic carbocycles. The van der Waals surface area contributed by atoms with Gasteiger partial charge in [-0.2, -0.15) is 0 Å². The number of anilines is 2. The minimum atomic E-state index is -0.392. The van der Waals surface area contributed by atoms with E-state index in [1.54, 1.807) is 65.2 Å². The van der Waals surface area contributed by atoms with Gasteiger partial charge in [0, 0.05) is 22.5 Å². The average molecular weight is 404 g/mol. The Morgan fingerprint density at radius 2 is 1.66 bits per heavy atom. The molecule has 2 heterocycles. The Morgan fingerprint density at radius 3 is 2.34 bits per heavy atom. The quantitative estimate of drug-likeness (QED) is 0.472. The second-order valence-electron chi connectivity index (χ2n) is 6.75. The molecular formula is C23H18ClN3O2. The van der Waals surface area contributed by atoms with Crippen LogP contribution in [0.2, 0.25) is 5.02 Å². The van der Waals surface area contributed by atoms with Gasteiger partial charge in [-0.25, -0.2) is 0 Å². The molecule has 0 saturated heterocycles. The van der Waals surface area contributed by atoms with Crippen LogP contribution < -0.4 is 11.1 Å². The van der Waals surface area contributed by atoms with Crippen LogP contribution >= 0.6 is 11.6 Å². The number of amides is 1. The molecule has 3 N–H and O–H groups in total. The number of benzene rings is 2. The van der Waals surface area contributed by atoms with Crippen molar-refractivity contribution >= 4 is 40.2 Å². The predicted octanol–water partition coefficient (Wildman–Crippen LogP) is 4.97. The zero-order valence-corrected chi connectivity index (χ0v) is 16.4. The number of carbonyl (C=O) groups is 2. The monoisotopic (exact) mass is 403 g/mol. The number of carbonyl (C=O) groups excluding carboxylic acids is 2. The number of halogens is 1. The lowest BCUT2D eigenvalue weighted by Gasteiger charge is -2.06. The third-order valence-corrected chi connectivity index (χ3v) is 4.99. The van der Waals surface area contributed by atoms with Crippen LogP contribution in [-0.4, -0.2) is 16.1 Å². The molecule has 0 unspecified atom stereocenters. The summed E-state index contributed by atoms with van der Waals surface area (Å²) in [6, 6.07) is 19.4. The van der Waals surface area contributed by atoms with Gasteiger partial charge in [0.15, 0.2) is 0 Å². The van der Waals surface area contributed by atoms with E-state index < -0.39 is 5.91 Å². The van der Waals surface area contributed by atoms with Gasteiger partial charge in [0.2, 0.25) is 5.78 Å². The second kappa shape index (κ2) is 7.45. The summed E-state index contributed by atoms with van der Waals surface area (Å²) in [5.41, 5.74) is 9.72. The van der Waals surface area contributed by atoms with Gasteiger partial charge in [0.25, 0.3) is 5.91 Å². The Balaban J connectivity index is 1.80. The lowest BCUT2D eigenvalue weighted by Crippen LogP contribution is -2.14. The molecule has 0 bridgehead atoms. The number of ketones is 1. The molecule has 6 heteroatoms. The SMILES string of the molecule is Cc1ccc(C(=O)c2c(N)c(C(=O)Nc3ccc(Cl)cc3)c3ccccn23)cc1. The Kier molecular flexibility index (Phi) is 4.82. The summed E-state index contributed by atoms with van der Waals surface area (Å²) < 4.78 is 1.66. The largest absolute Gasteiger partial charge is 0.396 e. The number of hydrogen-bond donors (Lipinski definition) is 2. The Bertz CT molecular complexity index is 1230. The van der Waals surface area contributed by atoms with Crippen molar-refractivity contribution in [2.45, 2.75) is 6.92 Å². The van der Waals surface area contributed by atoms with E-state index in [9.17, 15) is 9.59 Å². The highest BCUT2D eigenvalue weighted by molar-refractivity contribution is 6.30. The summed E-state index contributed by atoms with van der Waals surface area (Å²) in [5, 5.41) is 3.39. The van der Waals surface area contributed by atoms with Crippen molar-refractivity contribution in [1.29, 1.82) is 0 Å². The molecule has 2 aromatic heterocycles. The molecule has 29 heavy (non-hydrogen) atoms. The number of fused-ring (bicyclic) bond motifs is 1. The first-order valence-corrected chi connectivity index (χ1v) is 9.40. The van der Waals surface area contributed by atoms with Gasteiger partial charge < -0.3 is 15.5 Å². The topological polar surface area (TPSA) is 76.6 Å². The van der Waals surface area contributed by atoms with E-state index >= 15 is 0 Å². The number of aromatic nitrogens is 1. The number of aryl methyl sites for hydroxylation is 1. The molecule has 0 aliphatic carbocycles. The van der Waals surface area contributed by atoms with Gasteiger partial charge in [0.05, 0.1) is 16.8 Å². The zero-order chi connectivity index (χ0) is 20.5. The van der Waals surface area contributed by atoms with Crippen molar-refractivity contribution < 1.29 is 9.59 Å². The molecule has 4 aromatic rings. The van der Waals surface area contributed by atoms with Crippen molar-refractivity contribution in [3.8, 4) is 0 Å². The van der Waals surface area contributed by atoms with Crippen LogP contribution in [0.3, 0.4) is 0 Å². The molecule has 0 radical (unpaired) electrons. The number of nitrogens with two attached hydrogens (primary N) is 1. The highest BCUT2D eigenvalue weighted by Crippen LogP contribution is 2.29. The molecule has 0 fully saturated rings. The first-order valence-electron chi connectivity index (χ1n) is 9.02. The van der Waals surface area contributed by atoms with Crippen LogP contribution in [0.1, 0.15) is 32.0 Å². The first kappa shape index (κ1) is 18.8. The maximum atomic E-state index is 13.2. The molecule has 0 spiro atoms. The second-order valence-corrected chi connectivity index (χ2v) is 7.19. The molecule has 144 valence electrons. The highest BCUT2D eigenvalue weighted by atomic mass is 35.5. The minimum Gasteiger partial charge on any atom is -0.396 e. The van der Waals surface area contributed by atoms with Crippen molar-refractivity contribution in [1.82, 2.24) is 4.40 Å². The maximum absolute atomic E-state index is 13.2. The minimum absolute atomic E-state index is 0.147. The highest BCUT2D eigenvalue weighted by Gasteiger charge is 2.26. The van der Waals surface area contributed by atoms with E-state index in [1.807, 2.05) is 19.1 Å². The van der Waals surface area contributed by atoms with Crippen molar-refractivity contribution in [2.24, 2.45) is 0 Å².